The molecular weight excluding hydrogens is 771 g/mol. The van der Waals surface area contributed by atoms with Crippen LogP contribution >= 0.6 is 0 Å². The molecule has 0 bridgehead atoms. The predicted octanol–water partition coefficient (Wildman–Crippen LogP) is 10.4. The van der Waals surface area contributed by atoms with Crippen LogP contribution in [0.25, 0.3) is 0 Å². The van der Waals surface area contributed by atoms with Crippen molar-refractivity contribution in [2.75, 3.05) is 40.5 Å². The van der Waals surface area contributed by atoms with Crippen LogP contribution in [0.5, 0.6) is 11.5 Å². The SMILES string of the molecule is C=CCO[C@@]12Oc3ccc(OC(=O)NCCCCCCCCCCCC)cc3[C@H]3[C@H](CCCCO)[C@@H](CCCCO)C=C(C(=NOC)C[C@@H]1N(C)C(=O)CCC1CCCC1)[C@H]32. The van der Waals surface area contributed by atoms with Gasteiger partial charge in [-0.2, -0.15) is 0 Å². The average Bonchev–Trinajstić information content (AvgIpc) is 3.79. The Hall–Kier alpha value is -3.41. The summed E-state index contributed by atoms with van der Waals surface area (Å²) >= 11 is 0. The predicted molar refractivity (Wildman–Crippen MR) is 242 cm³/mol. The minimum absolute atomic E-state index is 0.0540. The molecule has 342 valence electrons. The summed E-state index contributed by atoms with van der Waals surface area (Å²) in [6.45, 7) is 7.26. The molecule has 5 rings (SSSR count). The van der Waals surface area contributed by atoms with Crippen molar-refractivity contribution in [3.8, 4) is 11.5 Å². The van der Waals surface area contributed by atoms with Crippen molar-refractivity contribution < 1.29 is 38.9 Å². The third-order valence-corrected chi connectivity index (χ3v) is 14.0. The molecule has 1 aromatic rings. The van der Waals surface area contributed by atoms with Gasteiger partial charge in [0.15, 0.2) is 0 Å². The second-order valence-electron chi connectivity index (χ2n) is 18.1. The fourth-order valence-corrected chi connectivity index (χ4v) is 10.8. The Labute approximate surface area is 367 Å². The maximum Gasteiger partial charge on any atom is 0.412 e. The summed E-state index contributed by atoms with van der Waals surface area (Å²) in [5.74, 6) is 0.0268. The number of aliphatic hydroxyl groups is 2. The quantitative estimate of drug-likeness (QED) is 0.0430. The van der Waals surface area contributed by atoms with E-state index in [1.807, 2.05) is 24.1 Å². The molecule has 2 saturated carbocycles. The number of rotatable bonds is 28. The molecule has 61 heavy (non-hydrogen) atoms. The average molecular weight is 850 g/mol. The Balaban J connectivity index is 1.46. The van der Waals surface area contributed by atoms with E-state index in [0.29, 0.717) is 49.6 Å². The second-order valence-corrected chi connectivity index (χ2v) is 18.1. The highest BCUT2D eigenvalue weighted by molar-refractivity contribution is 6.03. The number of fused-ring (bicyclic) bond motifs is 2. The number of nitrogens with one attached hydrogen (secondary N) is 1. The second kappa shape index (κ2) is 25.6. The molecule has 0 aromatic heterocycles. The van der Waals surface area contributed by atoms with Crippen molar-refractivity contribution in [3.05, 3.63) is 48.1 Å². The summed E-state index contributed by atoms with van der Waals surface area (Å²) in [5.41, 5.74) is 2.67. The van der Waals surface area contributed by atoms with E-state index < -0.39 is 23.8 Å². The molecule has 3 N–H and O–H groups in total. The van der Waals surface area contributed by atoms with Crippen molar-refractivity contribution in [2.45, 2.75) is 172 Å². The molecule has 4 aliphatic rings. The molecule has 3 aliphatic carbocycles. The van der Waals surface area contributed by atoms with Gasteiger partial charge in [-0.1, -0.05) is 121 Å². The van der Waals surface area contributed by atoms with Crippen LogP contribution in [-0.2, 0) is 14.4 Å². The highest BCUT2D eigenvalue weighted by Crippen LogP contribution is 2.62. The van der Waals surface area contributed by atoms with Gasteiger partial charge in [0.1, 0.15) is 24.7 Å². The lowest BCUT2D eigenvalue weighted by atomic mass is 9.55. The first-order chi connectivity index (χ1) is 29.8. The summed E-state index contributed by atoms with van der Waals surface area (Å²) in [4.78, 5) is 34.8. The summed E-state index contributed by atoms with van der Waals surface area (Å²) in [6.07, 6.45) is 27.1. The van der Waals surface area contributed by atoms with Crippen LogP contribution in [-0.4, -0.2) is 85.2 Å². The molecule has 11 nitrogen and oxygen atoms in total. The number of amides is 2. The van der Waals surface area contributed by atoms with E-state index in [1.54, 1.807) is 19.3 Å². The summed E-state index contributed by atoms with van der Waals surface area (Å²) in [5, 5.41) is 27.3. The van der Waals surface area contributed by atoms with Gasteiger partial charge in [-0.25, -0.2) is 4.79 Å². The van der Waals surface area contributed by atoms with Crippen molar-refractivity contribution in [3.63, 3.8) is 0 Å². The van der Waals surface area contributed by atoms with Crippen LogP contribution in [0.3, 0.4) is 0 Å². The van der Waals surface area contributed by atoms with Crippen LogP contribution in [0.1, 0.15) is 166 Å². The molecule has 1 aromatic carbocycles. The van der Waals surface area contributed by atoms with Crippen LogP contribution in [0.15, 0.2) is 47.7 Å². The summed E-state index contributed by atoms with van der Waals surface area (Å²) in [6, 6.07) is 5.09. The zero-order chi connectivity index (χ0) is 43.5. The number of aliphatic hydroxyl groups excluding tert-OH is 2. The van der Waals surface area contributed by atoms with Crippen LogP contribution in [0, 0.1) is 23.7 Å². The van der Waals surface area contributed by atoms with E-state index in [9.17, 15) is 19.8 Å². The Morgan fingerprint density at radius 1 is 0.951 bits per heavy atom. The third kappa shape index (κ3) is 13.1. The standard InChI is InChI=1S/C50H79N3O8/c1-5-7-8-9-10-11-12-13-14-19-30-51-49(57)60-39-27-28-44-42(35-39)47-40(25-18-21-32-55)38(24-17-20-31-54)34-41-43(52-58-4)36-45(50(61-44,48(41)47)59-33-6-2)53(3)46(56)29-26-37-22-15-16-23-37/h6,27-28,34-35,37-38,40,45,47-48,54-55H,2,5,7-26,29-33,36H2,1,3-4H3,(H,51,57)/t38-,40+,45-,47+,48+,50+/m0/s1. The third-order valence-electron chi connectivity index (χ3n) is 14.0. The number of hydrogen-bond donors (Lipinski definition) is 3. The Morgan fingerprint density at radius 3 is 2.31 bits per heavy atom. The van der Waals surface area contributed by atoms with Crippen molar-refractivity contribution >= 4 is 17.7 Å². The number of carbonyl (C=O) groups is 2. The molecule has 2 fully saturated rings. The first kappa shape index (κ1) is 48.6. The molecule has 0 radical (unpaired) electrons. The van der Waals surface area contributed by atoms with Gasteiger partial charge in [-0.15, -0.1) is 6.58 Å². The zero-order valence-electron chi connectivity index (χ0n) is 37.9. The molecule has 1 aliphatic heterocycles. The highest BCUT2D eigenvalue weighted by atomic mass is 16.7. The molecule has 11 heteroatoms. The lowest BCUT2D eigenvalue weighted by Gasteiger charge is -2.59. The number of carbonyl (C=O) groups excluding carboxylic acids is 2. The number of likely N-dealkylation sites (N-methyl/N-ethyl adjacent to an activating group) is 1. The summed E-state index contributed by atoms with van der Waals surface area (Å²) in [7, 11) is 3.43. The molecule has 6 atom stereocenters. The van der Waals surface area contributed by atoms with E-state index in [2.05, 4.69) is 30.1 Å². The molecule has 0 spiro atoms. The van der Waals surface area contributed by atoms with E-state index in [0.717, 1.165) is 61.8 Å². The van der Waals surface area contributed by atoms with E-state index in [4.69, 9.17) is 19.0 Å². The zero-order valence-corrected chi connectivity index (χ0v) is 37.9. The van der Waals surface area contributed by atoms with E-state index in [1.165, 1.54) is 77.0 Å². The fourth-order valence-electron chi connectivity index (χ4n) is 10.8. The lowest BCUT2D eigenvalue weighted by Crippen LogP contribution is -2.69. The van der Waals surface area contributed by atoms with E-state index >= 15 is 0 Å². The molecule has 0 unspecified atom stereocenters. The van der Waals surface area contributed by atoms with Crippen LogP contribution in [0.4, 0.5) is 4.79 Å². The maximum atomic E-state index is 14.2. The highest BCUT2D eigenvalue weighted by Gasteiger charge is 2.65. The normalized spacial score (nSPS) is 25.0. The van der Waals surface area contributed by atoms with Gasteiger partial charge in [-0.05, 0) is 80.1 Å². The number of benzene rings is 1. The molecule has 0 saturated heterocycles. The van der Waals surface area contributed by atoms with Gasteiger partial charge in [0.25, 0.3) is 0 Å². The molecule has 2 amide bonds. The van der Waals surface area contributed by atoms with Crippen molar-refractivity contribution in [2.24, 2.45) is 28.8 Å². The van der Waals surface area contributed by atoms with Crippen LogP contribution < -0.4 is 14.8 Å². The van der Waals surface area contributed by atoms with E-state index in [-0.39, 0.29) is 43.5 Å². The first-order valence-corrected chi connectivity index (χ1v) is 24.1. The Morgan fingerprint density at radius 2 is 1.64 bits per heavy atom. The number of oxime groups is 1. The maximum absolute atomic E-state index is 14.2. The minimum atomic E-state index is -1.29. The molecular formula is C50H79N3O8. The molecule has 1 heterocycles. The van der Waals surface area contributed by atoms with Crippen molar-refractivity contribution in [1.29, 1.82) is 0 Å². The van der Waals surface area contributed by atoms with Gasteiger partial charge in [-0.3, -0.25) is 4.79 Å². The van der Waals surface area contributed by atoms with Gasteiger partial charge in [0.2, 0.25) is 11.7 Å². The number of ether oxygens (including phenoxy) is 3. The largest absolute Gasteiger partial charge is 0.459 e. The lowest BCUT2D eigenvalue weighted by molar-refractivity contribution is -0.255. The topological polar surface area (TPSA) is 139 Å². The number of unbranched alkanes of at least 4 members (excludes halogenated alkanes) is 11. The van der Waals surface area contributed by atoms with Gasteiger partial charge >= 0.3 is 6.09 Å². The Bertz CT molecular complexity index is 1580. The van der Waals surface area contributed by atoms with Crippen LogP contribution in [0.2, 0.25) is 0 Å². The first-order valence-electron chi connectivity index (χ1n) is 24.1. The minimum Gasteiger partial charge on any atom is -0.459 e. The Kier molecular flexibility index (Phi) is 20.4. The number of allylic oxidation sites excluding steroid dienone is 1. The van der Waals surface area contributed by atoms with Crippen molar-refractivity contribution in [1.82, 2.24) is 10.2 Å². The van der Waals surface area contributed by atoms with Gasteiger partial charge in [0, 0.05) is 51.1 Å². The van der Waals surface area contributed by atoms with Gasteiger partial charge < -0.3 is 39.5 Å². The smallest absolute Gasteiger partial charge is 0.412 e. The number of hydrogen-bond acceptors (Lipinski definition) is 9. The fraction of sp³-hybridized carbons (Fsp3) is 0.740. The van der Waals surface area contributed by atoms with Gasteiger partial charge in [0.05, 0.1) is 18.2 Å². The summed E-state index contributed by atoms with van der Waals surface area (Å²) < 4.78 is 20.2. The monoisotopic (exact) mass is 850 g/mol. The number of nitrogens with zero attached hydrogens (tertiary/aromatic N) is 2.